The van der Waals surface area contributed by atoms with E-state index in [-0.39, 0.29) is 11.8 Å². The monoisotopic (exact) mass is 389 g/mol. The Morgan fingerprint density at radius 3 is 2.41 bits per heavy atom. The predicted octanol–water partition coefficient (Wildman–Crippen LogP) is 3.62. The molecule has 148 valence electrons. The fourth-order valence-electron chi connectivity index (χ4n) is 2.78. The molecule has 29 heavy (non-hydrogen) atoms. The number of ether oxygens (including phenoxy) is 1. The molecular formula is C23H23N3O3. The first kappa shape index (κ1) is 20.1. The first-order chi connectivity index (χ1) is 14.0. The summed E-state index contributed by atoms with van der Waals surface area (Å²) in [5.74, 6) is 0.197. The summed E-state index contributed by atoms with van der Waals surface area (Å²) in [6.45, 7) is 2.44. The summed E-state index contributed by atoms with van der Waals surface area (Å²) in [5, 5.41) is 5.66. The van der Waals surface area contributed by atoms with E-state index in [4.69, 9.17) is 4.74 Å². The van der Waals surface area contributed by atoms with E-state index < -0.39 is 0 Å². The number of anilines is 1. The Kier molecular flexibility index (Phi) is 6.58. The summed E-state index contributed by atoms with van der Waals surface area (Å²) in [7, 11) is 1.62. The number of amides is 2. The lowest BCUT2D eigenvalue weighted by atomic mass is 10.1. The number of carbonyl (C=O) groups is 2. The zero-order valence-electron chi connectivity index (χ0n) is 16.4. The highest BCUT2D eigenvalue weighted by Gasteiger charge is 2.11. The summed E-state index contributed by atoms with van der Waals surface area (Å²) in [5.41, 5.74) is 3.53. The van der Waals surface area contributed by atoms with E-state index in [1.807, 2.05) is 55.5 Å². The molecule has 1 heterocycles. The minimum atomic E-state index is -0.313. The third-order valence-corrected chi connectivity index (χ3v) is 4.41. The highest BCUT2D eigenvalue weighted by Crippen LogP contribution is 2.13. The second-order valence-electron chi connectivity index (χ2n) is 6.64. The lowest BCUT2D eigenvalue weighted by Gasteiger charge is -2.08. The number of aromatic nitrogens is 1. The van der Waals surface area contributed by atoms with Crippen LogP contribution in [0.25, 0.3) is 0 Å². The van der Waals surface area contributed by atoms with Gasteiger partial charge in [-0.15, -0.1) is 0 Å². The van der Waals surface area contributed by atoms with Crippen LogP contribution in [0.5, 0.6) is 5.75 Å². The first-order valence-electron chi connectivity index (χ1n) is 9.29. The van der Waals surface area contributed by atoms with Gasteiger partial charge in [0.25, 0.3) is 11.8 Å². The van der Waals surface area contributed by atoms with Crippen molar-refractivity contribution in [3.05, 3.63) is 89.2 Å². The Morgan fingerprint density at radius 1 is 0.966 bits per heavy atom. The molecule has 0 aliphatic heterocycles. The number of nitrogens with one attached hydrogen (secondary N) is 2. The fraction of sp³-hybridized carbons (Fsp3) is 0.174. The van der Waals surface area contributed by atoms with Gasteiger partial charge in [-0.1, -0.05) is 29.8 Å². The average molecular weight is 389 g/mol. The van der Waals surface area contributed by atoms with Crippen LogP contribution in [0.15, 0.2) is 67.0 Å². The van der Waals surface area contributed by atoms with E-state index in [9.17, 15) is 9.59 Å². The SMILES string of the molecule is COc1cccc(CCNC(=O)c2cncc(C(=O)Nc3ccc(C)cc3)c2)c1. The summed E-state index contributed by atoms with van der Waals surface area (Å²) in [6, 6.07) is 16.7. The van der Waals surface area contributed by atoms with Gasteiger partial charge in [0.15, 0.2) is 0 Å². The molecule has 0 aliphatic rings. The molecule has 0 aliphatic carbocycles. The fourth-order valence-corrected chi connectivity index (χ4v) is 2.78. The van der Waals surface area contributed by atoms with Crippen molar-refractivity contribution in [1.82, 2.24) is 10.3 Å². The van der Waals surface area contributed by atoms with E-state index >= 15 is 0 Å². The second-order valence-corrected chi connectivity index (χ2v) is 6.64. The van der Waals surface area contributed by atoms with Gasteiger partial charge in [0.1, 0.15) is 5.75 Å². The Hall–Kier alpha value is -3.67. The second kappa shape index (κ2) is 9.50. The number of hydrogen-bond donors (Lipinski definition) is 2. The molecule has 3 rings (SSSR count). The van der Waals surface area contributed by atoms with Crippen LogP contribution in [-0.4, -0.2) is 30.5 Å². The van der Waals surface area contributed by atoms with Crippen molar-refractivity contribution in [2.24, 2.45) is 0 Å². The molecule has 0 saturated heterocycles. The molecule has 1 aromatic heterocycles. The van der Waals surface area contributed by atoms with Crippen LogP contribution in [0.1, 0.15) is 31.8 Å². The third kappa shape index (κ3) is 5.65. The van der Waals surface area contributed by atoms with Crippen LogP contribution < -0.4 is 15.4 Å². The van der Waals surface area contributed by atoms with Gasteiger partial charge in [0.2, 0.25) is 0 Å². The summed E-state index contributed by atoms with van der Waals surface area (Å²) in [4.78, 5) is 28.9. The topological polar surface area (TPSA) is 80.3 Å². The number of aryl methyl sites for hydroxylation is 1. The van der Waals surface area contributed by atoms with Gasteiger partial charge < -0.3 is 15.4 Å². The minimum absolute atomic E-state index is 0.273. The normalized spacial score (nSPS) is 10.3. The molecule has 6 nitrogen and oxygen atoms in total. The van der Waals surface area contributed by atoms with Crippen LogP contribution >= 0.6 is 0 Å². The van der Waals surface area contributed by atoms with Crippen LogP contribution in [0.4, 0.5) is 5.69 Å². The summed E-state index contributed by atoms with van der Waals surface area (Å²) in [6.07, 6.45) is 3.56. The van der Waals surface area contributed by atoms with Crippen LogP contribution in [0, 0.1) is 6.92 Å². The van der Waals surface area contributed by atoms with E-state index in [1.165, 1.54) is 18.5 Å². The lowest BCUT2D eigenvalue weighted by molar-refractivity contribution is 0.0953. The largest absolute Gasteiger partial charge is 0.497 e. The van der Waals surface area contributed by atoms with Gasteiger partial charge in [-0.05, 0) is 49.2 Å². The molecule has 0 radical (unpaired) electrons. The molecule has 0 unspecified atom stereocenters. The standard InChI is InChI=1S/C23H23N3O3/c1-16-6-8-20(9-7-16)26-23(28)19-13-18(14-24-15-19)22(27)25-11-10-17-4-3-5-21(12-17)29-2/h3-9,12-15H,10-11H2,1-2H3,(H,25,27)(H,26,28). The summed E-state index contributed by atoms with van der Waals surface area (Å²) >= 11 is 0. The van der Waals surface area contributed by atoms with Crippen molar-refractivity contribution >= 4 is 17.5 Å². The Balaban J connectivity index is 1.58. The van der Waals surface area contributed by atoms with Gasteiger partial charge in [-0.25, -0.2) is 0 Å². The lowest BCUT2D eigenvalue weighted by Crippen LogP contribution is -2.26. The number of benzene rings is 2. The molecule has 2 N–H and O–H groups in total. The average Bonchev–Trinajstić information content (AvgIpc) is 2.75. The van der Waals surface area contributed by atoms with Crippen molar-refractivity contribution in [2.45, 2.75) is 13.3 Å². The zero-order chi connectivity index (χ0) is 20.6. The number of methoxy groups -OCH3 is 1. The highest BCUT2D eigenvalue weighted by atomic mass is 16.5. The van der Waals surface area contributed by atoms with Crippen LogP contribution in [0.2, 0.25) is 0 Å². The molecule has 0 atom stereocenters. The van der Waals surface area contributed by atoms with Crippen molar-refractivity contribution in [2.75, 3.05) is 19.0 Å². The van der Waals surface area contributed by atoms with Gasteiger partial charge >= 0.3 is 0 Å². The maximum Gasteiger partial charge on any atom is 0.257 e. The Bertz CT molecular complexity index is 1000. The Morgan fingerprint density at radius 2 is 1.69 bits per heavy atom. The molecule has 3 aromatic rings. The van der Waals surface area contributed by atoms with Gasteiger partial charge in [0.05, 0.1) is 18.2 Å². The van der Waals surface area contributed by atoms with E-state index in [0.717, 1.165) is 16.9 Å². The van der Waals surface area contributed by atoms with E-state index in [1.54, 1.807) is 7.11 Å². The first-order valence-corrected chi connectivity index (χ1v) is 9.29. The smallest absolute Gasteiger partial charge is 0.257 e. The molecule has 0 fully saturated rings. The van der Waals surface area contributed by atoms with E-state index in [2.05, 4.69) is 15.6 Å². The summed E-state index contributed by atoms with van der Waals surface area (Å²) < 4.78 is 5.20. The number of carbonyl (C=O) groups excluding carboxylic acids is 2. The highest BCUT2D eigenvalue weighted by molar-refractivity contribution is 6.05. The minimum Gasteiger partial charge on any atom is -0.497 e. The predicted molar refractivity (Wildman–Crippen MR) is 112 cm³/mol. The van der Waals surface area contributed by atoms with Crippen LogP contribution in [-0.2, 0) is 6.42 Å². The number of nitrogens with zero attached hydrogens (tertiary/aromatic N) is 1. The van der Waals surface area contributed by atoms with Crippen LogP contribution in [0.3, 0.4) is 0 Å². The molecule has 2 amide bonds. The molecule has 0 bridgehead atoms. The molecular weight excluding hydrogens is 366 g/mol. The Labute approximate surface area is 169 Å². The van der Waals surface area contributed by atoms with Crippen molar-refractivity contribution in [1.29, 1.82) is 0 Å². The van der Waals surface area contributed by atoms with Crippen molar-refractivity contribution in [3.63, 3.8) is 0 Å². The molecule has 0 saturated carbocycles. The molecule has 2 aromatic carbocycles. The zero-order valence-corrected chi connectivity index (χ0v) is 16.4. The number of rotatable bonds is 7. The van der Waals surface area contributed by atoms with Gasteiger partial charge in [-0.3, -0.25) is 14.6 Å². The third-order valence-electron chi connectivity index (χ3n) is 4.41. The number of hydrogen-bond acceptors (Lipinski definition) is 4. The molecule has 0 spiro atoms. The molecule has 6 heteroatoms. The van der Waals surface area contributed by atoms with Crippen molar-refractivity contribution < 1.29 is 14.3 Å². The van der Waals surface area contributed by atoms with Gasteiger partial charge in [-0.2, -0.15) is 0 Å². The van der Waals surface area contributed by atoms with Crippen molar-refractivity contribution in [3.8, 4) is 5.75 Å². The quantitative estimate of drug-likeness (QED) is 0.647. The maximum atomic E-state index is 12.4. The van der Waals surface area contributed by atoms with Gasteiger partial charge in [0, 0.05) is 24.6 Å². The maximum absolute atomic E-state index is 12.4. The number of pyridine rings is 1. The van der Waals surface area contributed by atoms with E-state index in [0.29, 0.717) is 29.8 Å².